The molecule has 0 aromatic rings. The van der Waals surface area contributed by atoms with Crippen LogP contribution in [-0.2, 0) is 19.1 Å². The number of rotatable bonds is 32. The minimum absolute atomic E-state index is 0.146. The molecule has 0 rings (SSSR count). The summed E-state index contributed by atoms with van der Waals surface area (Å²) >= 11 is 0. The summed E-state index contributed by atoms with van der Waals surface area (Å²) in [7, 11) is 0. The van der Waals surface area contributed by atoms with Crippen molar-refractivity contribution in [3.8, 4) is 0 Å². The zero-order valence-electron chi connectivity index (χ0n) is 29.0. The Morgan fingerprint density at radius 1 is 0.465 bits per heavy atom. The van der Waals surface area contributed by atoms with Gasteiger partial charge in [-0.3, -0.25) is 9.59 Å². The molecule has 0 heterocycles. The van der Waals surface area contributed by atoms with Crippen LogP contribution in [-0.4, -0.2) is 48.6 Å². The van der Waals surface area contributed by atoms with Crippen molar-refractivity contribution in [2.24, 2.45) is 17.3 Å². The highest BCUT2D eigenvalue weighted by Crippen LogP contribution is 2.25. The van der Waals surface area contributed by atoms with Crippen molar-refractivity contribution in [1.29, 1.82) is 0 Å². The predicted molar refractivity (Wildman–Crippen MR) is 179 cm³/mol. The summed E-state index contributed by atoms with van der Waals surface area (Å²) < 4.78 is 11.5. The van der Waals surface area contributed by atoms with Crippen LogP contribution in [0.25, 0.3) is 0 Å². The van der Waals surface area contributed by atoms with Gasteiger partial charge in [-0.2, -0.15) is 0 Å². The Labute approximate surface area is 266 Å². The number of ether oxygens (including phenoxy) is 2. The molecule has 2 unspecified atom stereocenters. The van der Waals surface area contributed by atoms with Crippen LogP contribution in [0, 0.1) is 17.3 Å². The Hall–Kier alpha value is -1.14. The van der Waals surface area contributed by atoms with Gasteiger partial charge < -0.3 is 19.7 Å². The first-order valence-corrected chi connectivity index (χ1v) is 18.5. The van der Waals surface area contributed by atoms with Crippen molar-refractivity contribution in [2.45, 2.75) is 182 Å². The molecule has 2 atom stereocenters. The molecule has 0 amide bonds. The van der Waals surface area contributed by atoms with E-state index in [0.29, 0.717) is 0 Å². The van der Waals surface area contributed by atoms with Crippen molar-refractivity contribution in [3.05, 3.63) is 0 Å². The molecule has 6 nitrogen and oxygen atoms in total. The van der Waals surface area contributed by atoms with Gasteiger partial charge in [-0.05, 0) is 25.7 Å². The average molecular weight is 613 g/mol. The standard InChI is InChI=1S/C37H72O6/c1-5-9-13-17-19-23-27-33(25-21-15-11-7-3)35(40)42-31-37(29-38,30-39)32-43-36(41)34(26-22-16-12-8-4)28-24-20-18-14-10-6-2/h33-34,38-39H,5-32H2,1-4H3. The molecule has 0 bridgehead atoms. The molecular weight excluding hydrogens is 540 g/mol. The van der Waals surface area contributed by atoms with E-state index in [0.717, 1.165) is 89.9 Å². The van der Waals surface area contributed by atoms with Crippen LogP contribution in [0.1, 0.15) is 182 Å². The van der Waals surface area contributed by atoms with Gasteiger partial charge in [-0.25, -0.2) is 0 Å². The molecule has 0 aromatic heterocycles. The fourth-order valence-corrected chi connectivity index (χ4v) is 5.70. The first-order chi connectivity index (χ1) is 20.9. The Morgan fingerprint density at radius 2 is 0.721 bits per heavy atom. The number of hydrogen-bond donors (Lipinski definition) is 2. The first kappa shape index (κ1) is 41.9. The Morgan fingerprint density at radius 3 is 1.00 bits per heavy atom. The maximum absolute atomic E-state index is 13.2. The van der Waals surface area contributed by atoms with Gasteiger partial charge in [-0.15, -0.1) is 0 Å². The fraction of sp³-hybridized carbons (Fsp3) is 0.946. The lowest BCUT2D eigenvalue weighted by atomic mass is 9.91. The van der Waals surface area contributed by atoms with Crippen LogP contribution < -0.4 is 0 Å². The van der Waals surface area contributed by atoms with Crippen LogP contribution in [0.2, 0.25) is 0 Å². The molecule has 6 heteroatoms. The number of aliphatic hydroxyl groups is 2. The third kappa shape index (κ3) is 22.1. The summed E-state index contributed by atoms with van der Waals surface area (Å²) in [6.45, 7) is 7.67. The molecule has 2 N–H and O–H groups in total. The predicted octanol–water partition coefficient (Wildman–Crippen LogP) is 9.72. The number of carbonyl (C=O) groups is 2. The quantitative estimate of drug-likeness (QED) is 0.0580. The second-order valence-corrected chi connectivity index (χ2v) is 13.2. The summed E-state index contributed by atoms with van der Waals surface area (Å²) in [5.41, 5.74) is -1.19. The van der Waals surface area contributed by atoms with Crippen LogP contribution in [0.4, 0.5) is 0 Å². The van der Waals surface area contributed by atoms with Crippen molar-refractivity contribution in [2.75, 3.05) is 26.4 Å². The van der Waals surface area contributed by atoms with Gasteiger partial charge in [0.2, 0.25) is 0 Å². The highest BCUT2D eigenvalue weighted by Gasteiger charge is 2.35. The molecule has 0 aliphatic carbocycles. The number of hydrogen-bond acceptors (Lipinski definition) is 6. The van der Waals surface area contributed by atoms with E-state index in [2.05, 4.69) is 27.7 Å². The molecule has 43 heavy (non-hydrogen) atoms. The van der Waals surface area contributed by atoms with Crippen molar-refractivity contribution in [3.63, 3.8) is 0 Å². The lowest BCUT2D eigenvalue weighted by molar-refractivity contribution is -0.164. The smallest absolute Gasteiger partial charge is 0.308 e. The van der Waals surface area contributed by atoms with Gasteiger partial charge in [-0.1, -0.05) is 156 Å². The van der Waals surface area contributed by atoms with Gasteiger partial charge in [0.1, 0.15) is 13.2 Å². The molecular formula is C37H72O6. The number of esters is 2. The zero-order valence-corrected chi connectivity index (χ0v) is 29.0. The van der Waals surface area contributed by atoms with Crippen molar-refractivity contribution in [1.82, 2.24) is 0 Å². The van der Waals surface area contributed by atoms with Crippen molar-refractivity contribution < 1.29 is 29.3 Å². The highest BCUT2D eigenvalue weighted by atomic mass is 16.6. The summed E-state index contributed by atoms with van der Waals surface area (Å²) in [6.07, 6.45) is 26.3. The minimum atomic E-state index is -1.19. The van der Waals surface area contributed by atoms with E-state index in [1.54, 1.807) is 0 Å². The molecule has 0 saturated heterocycles. The SMILES string of the molecule is CCCCCCCCC(CCCCCC)C(=O)OCC(CO)(CO)COC(=O)C(CCCCCC)CCCCCCCC. The summed E-state index contributed by atoms with van der Waals surface area (Å²) in [5, 5.41) is 20.5. The van der Waals surface area contributed by atoms with E-state index in [-0.39, 0.29) is 37.0 Å². The van der Waals surface area contributed by atoms with Gasteiger partial charge >= 0.3 is 11.9 Å². The third-order valence-electron chi connectivity index (χ3n) is 9.00. The van der Waals surface area contributed by atoms with E-state index in [9.17, 15) is 19.8 Å². The third-order valence-corrected chi connectivity index (χ3v) is 9.00. The van der Waals surface area contributed by atoms with E-state index in [1.807, 2.05) is 0 Å². The summed E-state index contributed by atoms with van der Waals surface area (Å²) in [5.74, 6) is -0.824. The number of carbonyl (C=O) groups excluding carboxylic acids is 2. The Balaban J connectivity index is 5.06. The largest absolute Gasteiger partial charge is 0.465 e. The lowest BCUT2D eigenvalue weighted by Gasteiger charge is -2.30. The molecule has 0 aliphatic heterocycles. The van der Waals surface area contributed by atoms with E-state index in [1.165, 1.54) is 64.2 Å². The molecule has 0 aromatic carbocycles. The normalized spacial score (nSPS) is 13.2. The van der Waals surface area contributed by atoms with Crippen LogP contribution in [0.15, 0.2) is 0 Å². The molecule has 0 radical (unpaired) electrons. The van der Waals surface area contributed by atoms with Crippen LogP contribution in [0.3, 0.4) is 0 Å². The maximum Gasteiger partial charge on any atom is 0.308 e. The molecule has 256 valence electrons. The Kier molecular flexibility index (Phi) is 28.8. The van der Waals surface area contributed by atoms with E-state index < -0.39 is 18.6 Å². The fourth-order valence-electron chi connectivity index (χ4n) is 5.70. The van der Waals surface area contributed by atoms with Gasteiger partial charge in [0.15, 0.2) is 0 Å². The highest BCUT2D eigenvalue weighted by molar-refractivity contribution is 5.73. The van der Waals surface area contributed by atoms with Gasteiger partial charge in [0.05, 0.1) is 30.5 Å². The monoisotopic (exact) mass is 613 g/mol. The summed E-state index contributed by atoms with van der Waals surface area (Å²) in [4.78, 5) is 26.4. The average Bonchev–Trinajstić information content (AvgIpc) is 3.02. The van der Waals surface area contributed by atoms with Crippen LogP contribution in [0.5, 0.6) is 0 Å². The van der Waals surface area contributed by atoms with Crippen LogP contribution >= 0.6 is 0 Å². The zero-order chi connectivity index (χ0) is 32.0. The molecule has 0 aliphatic rings. The van der Waals surface area contributed by atoms with E-state index >= 15 is 0 Å². The second-order valence-electron chi connectivity index (χ2n) is 13.2. The lowest BCUT2D eigenvalue weighted by Crippen LogP contribution is -2.42. The molecule has 0 spiro atoms. The molecule has 0 saturated carbocycles. The Bertz CT molecular complexity index is 583. The second kappa shape index (κ2) is 29.6. The molecule has 0 fully saturated rings. The van der Waals surface area contributed by atoms with Gasteiger partial charge in [0, 0.05) is 0 Å². The van der Waals surface area contributed by atoms with Gasteiger partial charge in [0.25, 0.3) is 0 Å². The maximum atomic E-state index is 13.2. The number of aliphatic hydroxyl groups excluding tert-OH is 2. The summed E-state index contributed by atoms with van der Waals surface area (Å²) in [6, 6.07) is 0. The van der Waals surface area contributed by atoms with Crippen molar-refractivity contribution >= 4 is 11.9 Å². The first-order valence-electron chi connectivity index (χ1n) is 18.5. The number of unbranched alkanes of at least 4 members (excludes halogenated alkanes) is 16. The minimum Gasteiger partial charge on any atom is -0.465 e. The topological polar surface area (TPSA) is 93.1 Å². The van der Waals surface area contributed by atoms with E-state index in [4.69, 9.17) is 9.47 Å².